The third-order valence-corrected chi connectivity index (χ3v) is 3.70. The Morgan fingerprint density at radius 2 is 2.39 bits per heavy atom. The lowest BCUT2D eigenvalue weighted by molar-refractivity contribution is 0.318. The van der Waals surface area contributed by atoms with E-state index >= 15 is 0 Å². The van der Waals surface area contributed by atoms with Gasteiger partial charge in [-0.15, -0.1) is 0 Å². The maximum Gasteiger partial charge on any atom is 0.0541 e. The molecule has 0 spiro atoms. The van der Waals surface area contributed by atoms with Gasteiger partial charge in [-0.25, -0.2) is 0 Å². The zero-order chi connectivity index (χ0) is 12.6. The Morgan fingerprint density at radius 1 is 1.44 bits per heavy atom. The van der Waals surface area contributed by atoms with Gasteiger partial charge in [0.2, 0.25) is 0 Å². The normalized spacial score (nSPS) is 20.4. The third-order valence-electron chi connectivity index (χ3n) is 3.70. The van der Waals surface area contributed by atoms with Crippen LogP contribution in [-0.2, 0) is 6.54 Å². The van der Waals surface area contributed by atoms with Gasteiger partial charge in [0.25, 0.3) is 0 Å². The molecule has 18 heavy (non-hydrogen) atoms. The van der Waals surface area contributed by atoms with Gasteiger partial charge in [-0.2, -0.15) is 0 Å². The number of aromatic nitrogens is 1. The van der Waals surface area contributed by atoms with Crippen LogP contribution in [0.5, 0.6) is 0 Å². The van der Waals surface area contributed by atoms with Gasteiger partial charge >= 0.3 is 0 Å². The summed E-state index contributed by atoms with van der Waals surface area (Å²) >= 11 is 0. The topological polar surface area (TPSA) is 28.2 Å². The average Bonchev–Trinajstić information content (AvgIpc) is 2.84. The smallest absolute Gasteiger partial charge is 0.0541 e. The molecule has 1 N–H and O–H groups in total. The quantitative estimate of drug-likeness (QED) is 0.749. The van der Waals surface area contributed by atoms with Crippen molar-refractivity contribution < 1.29 is 0 Å². The highest BCUT2D eigenvalue weighted by Crippen LogP contribution is 2.19. The molecule has 0 aromatic carbocycles. The molecule has 2 heterocycles. The van der Waals surface area contributed by atoms with Crippen molar-refractivity contribution in [1.29, 1.82) is 0 Å². The van der Waals surface area contributed by atoms with E-state index in [4.69, 9.17) is 0 Å². The Balaban J connectivity index is 1.56. The average molecular weight is 247 g/mol. The molecular weight excluding hydrogens is 222 g/mol. The van der Waals surface area contributed by atoms with Crippen molar-refractivity contribution in [3.63, 3.8) is 0 Å². The maximum atomic E-state index is 4.31. The first-order valence-electron chi connectivity index (χ1n) is 7.21. The molecule has 2 rings (SSSR count). The van der Waals surface area contributed by atoms with E-state index in [-0.39, 0.29) is 0 Å². The van der Waals surface area contributed by atoms with E-state index in [2.05, 4.69) is 28.2 Å². The van der Waals surface area contributed by atoms with Crippen LogP contribution >= 0.6 is 0 Å². The van der Waals surface area contributed by atoms with E-state index in [0.29, 0.717) is 0 Å². The van der Waals surface area contributed by atoms with Gasteiger partial charge in [0.05, 0.1) is 5.69 Å². The van der Waals surface area contributed by atoms with Crippen LogP contribution in [0, 0.1) is 5.92 Å². The molecule has 1 aromatic heterocycles. The molecule has 1 unspecified atom stereocenters. The molecule has 0 bridgehead atoms. The standard InChI is InChI=1S/C15H25N3/c1-2-5-14-7-10-18(13-14)11-9-16-12-15-6-3-4-8-17-15/h3-4,6,8,14,16H,2,5,7,9-13H2,1H3. The minimum atomic E-state index is 0.882. The van der Waals surface area contributed by atoms with Crippen LogP contribution in [0.1, 0.15) is 31.9 Å². The second-order valence-electron chi connectivity index (χ2n) is 5.24. The van der Waals surface area contributed by atoms with Crippen LogP contribution < -0.4 is 5.32 Å². The predicted octanol–water partition coefficient (Wildman–Crippen LogP) is 2.29. The van der Waals surface area contributed by atoms with Crippen molar-refractivity contribution in [2.45, 2.75) is 32.7 Å². The lowest BCUT2D eigenvalue weighted by atomic mass is 10.0. The van der Waals surface area contributed by atoms with Crippen molar-refractivity contribution in [2.24, 2.45) is 5.92 Å². The number of likely N-dealkylation sites (tertiary alicyclic amines) is 1. The van der Waals surface area contributed by atoms with Crippen LogP contribution in [0.15, 0.2) is 24.4 Å². The highest BCUT2D eigenvalue weighted by atomic mass is 15.2. The summed E-state index contributed by atoms with van der Waals surface area (Å²) in [5.41, 5.74) is 1.13. The summed E-state index contributed by atoms with van der Waals surface area (Å²) in [6.07, 6.45) is 5.98. The minimum absolute atomic E-state index is 0.882. The largest absolute Gasteiger partial charge is 0.310 e. The molecule has 0 amide bonds. The Bertz CT molecular complexity index is 326. The lowest BCUT2D eigenvalue weighted by Gasteiger charge is -2.16. The molecule has 1 fully saturated rings. The number of nitrogens with one attached hydrogen (secondary N) is 1. The van der Waals surface area contributed by atoms with Crippen molar-refractivity contribution in [1.82, 2.24) is 15.2 Å². The zero-order valence-electron chi connectivity index (χ0n) is 11.4. The highest BCUT2D eigenvalue weighted by Gasteiger charge is 2.20. The van der Waals surface area contributed by atoms with Crippen LogP contribution in [0.25, 0.3) is 0 Å². The molecule has 0 saturated carbocycles. The summed E-state index contributed by atoms with van der Waals surface area (Å²) in [4.78, 5) is 6.90. The fraction of sp³-hybridized carbons (Fsp3) is 0.667. The molecule has 3 heteroatoms. The zero-order valence-corrected chi connectivity index (χ0v) is 11.4. The molecule has 1 saturated heterocycles. The fourth-order valence-corrected chi connectivity index (χ4v) is 2.72. The van der Waals surface area contributed by atoms with E-state index in [1.807, 2.05) is 18.3 Å². The molecule has 0 aliphatic carbocycles. The monoisotopic (exact) mass is 247 g/mol. The number of hydrogen-bond acceptors (Lipinski definition) is 3. The molecule has 1 aliphatic rings. The van der Waals surface area contributed by atoms with Crippen LogP contribution in [0.3, 0.4) is 0 Å². The minimum Gasteiger partial charge on any atom is -0.310 e. The van der Waals surface area contributed by atoms with Gasteiger partial charge in [-0.05, 0) is 37.4 Å². The Kier molecular flexibility index (Phi) is 5.62. The van der Waals surface area contributed by atoms with Gasteiger partial charge in [0, 0.05) is 32.4 Å². The highest BCUT2D eigenvalue weighted by molar-refractivity contribution is 5.02. The molecule has 1 atom stereocenters. The van der Waals surface area contributed by atoms with Crippen LogP contribution in [-0.4, -0.2) is 36.1 Å². The second kappa shape index (κ2) is 7.49. The van der Waals surface area contributed by atoms with E-state index < -0.39 is 0 Å². The third kappa shape index (κ3) is 4.39. The summed E-state index contributed by atoms with van der Waals surface area (Å²) in [6, 6.07) is 6.07. The first-order chi connectivity index (χ1) is 8.88. The molecule has 0 radical (unpaired) electrons. The first kappa shape index (κ1) is 13.5. The molecule has 1 aromatic rings. The summed E-state index contributed by atoms with van der Waals surface area (Å²) in [6.45, 7) is 8.00. The number of hydrogen-bond donors (Lipinski definition) is 1. The SMILES string of the molecule is CCCC1CCN(CCNCc2ccccn2)C1. The van der Waals surface area contributed by atoms with E-state index in [1.165, 1.54) is 38.9 Å². The van der Waals surface area contributed by atoms with Gasteiger partial charge in [0.1, 0.15) is 0 Å². The van der Waals surface area contributed by atoms with E-state index in [1.54, 1.807) is 0 Å². The predicted molar refractivity (Wildman–Crippen MR) is 75.4 cm³/mol. The van der Waals surface area contributed by atoms with E-state index in [9.17, 15) is 0 Å². The Morgan fingerprint density at radius 3 is 3.17 bits per heavy atom. The van der Waals surface area contributed by atoms with E-state index in [0.717, 1.165) is 24.7 Å². The number of nitrogens with zero attached hydrogens (tertiary/aromatic N) is 2. The van der Waals surface area contributed by atoms with Crippen LogP contribution in [0.2, 0.25) is 0 Å². The van der Waals surface area contributed by atoms with Crippen molar-refractivity contribution >= 4 is 0 Å². The second-order valence-corrected chi connectivity index (χ2v) is 5.24. The lowest BCUT2D eigenvalue weighted by Crippen LogP contribution is -2.30. The molecule has 1 aliphatic heterocycles. The van der Waals surface area contributed by atoms with Gasteiger partial charge in [-0.3, -0.25) is 4.98 Å². The molecule has 3 nitrogen and oxygen atoms in total. The summed E-state index contributed by atoms with van der Waals surface area (Å²) in [5, 5.41) is 3.47. The van der Waals surface area contributed by atoms with Gasteiger partial charge in [-0.1, -0.05) is 19.4 Å². The van der Waals surface area contributed by atoms with Crippen molar-refractivity contribution in [3.05, 3.63) is 30.1 Å². The molecule has 100 valence electrons. The summed E-state index contributed by atoms with van der Waals surface area (Å²) in [7, 11) is 0. The van der Waals surface area contributed by atoms with Gasteiger partial charge in [0.15, 0.2) is 0 Å². The summed E-state index contributed by atoms with van der Waals surface area (Å²) in [5.74, 6) is 0.950. The number of rotatable bonds is 7. The summed E-state index contributed by atoms with van der Waals surface area (Å²) < 4.78 is 0. The van der Waals surface area contributed by atoms with Crippen molar-refractivity contribution in [3.8, 4) is 0 Å². The Hall–Kier alpha value is -0.930. The van der Waals surface area contributed by atoms with Crippen LogP contribution in [0.4, 0.5) is 0 Å². The maximum absolute atomic E-state index is 4.31. The number of pyridine rings is 1. The first-order valence-corrected chi connectivity index (χ1v) is 7.21. The Labute approximate surface area is 111 Å². The fourth-order valence-electron chi connectivity index (χ4n) is 2.72. The molecular formula is C15H25N3. The van der Waals surface area contributed by atoms with Gasteiger partial charge < -0.3 is 10.2 Å². The van der Waals surface area contributed by atoms with Crippen molar-refractivity contribution in [2.75, 3.05) is 26.2 Å².